The molecule has 25 heavy (non-hydrogen) atoms. The fraction of sp³-hybridized carbons (Fsp3) is 0.455. The van der Waals surface area contributed by atoms with E-state index in [1.54, 1.807) is 0 Å². The van der Waals surface area contributed by atoms with Gasteiger partial charge in [0, 0.05) is 51.9 Å². The lowest BCUT2D eigenvalue weighted by molar-refractivity contribution is 0.112. The Hall–Kier alpha value is -1.68. The third-order valence-corrected chi connectivity index (χ3v) is 5.77. The summed E-state index contributed by atoms with van der Waals surface area (Å²) in [5.74, 6) is 0. The van der Waals surface area contributed by atoms with Gasteiger partial charge in [-0.3, -0.25) is 9.80 Å². The molecule has 3 nitrogen and oxygen atoms in total. The van der Waals surface area contributed by atoms with Gasteiger partial charge in [0.2, 0.25) is 0 Å². The molecule has 2 aromatic carbocycles. The molecule has 2 saturated heterocycles. The Morgan fingerprint density at radius 1 is 0.800 bits per heavy atom. The maximum Gasteiger partial charge on any atom is 0.0236 e. The van der Waals surface area contributed by atoms with Crippen LogP contribution in [-0.2, 0) is 6.54 Å². The lowest BCUT2D eigenvalue weighted by Crippen LogP contribution is -2.49. The number of hydrogen-bond acceptors (Lipinski definition) is 3. The highest BCUT2D eigenvalue weighted by molar-refractivity contribution is 5.63. The van der Waals surface area contributed by atoms with Gasteiger partial charge in [0.1, 0.15) is 0 Å². The van der Waals surface area contributed by atoms with Gasteiger partial charge in [-0.05, 0) is 30.2 Å². The topological polar surface area (TPSA) is 9.72 Å². The first-order valence-electron chi connectivity index (χ1n) is 9.57. The zero-order valence-electron chi connectivity index (χ0n) is 15.3. The normalized spacial score (nSPS) is 23.2. The molecule has 0 bridgehead atoms. The van der Waals surface area contributed by atoms with Gasteiger partial charge in [-0.1, -0.05) is 54.6 Å². The van der Waals surface area contributed by atoms with Gasteiger partial charge in [-0.25, -0.2) is 0 Å². The minimum atomic E-state index is 0.761. The van der Waals surface area contributed by atoms with Crippen LogP contribution in [0.2, 0.25) is 0 Å². The molecule has 2 fully saturated rings. The van der Waals surface area contributed by atoms with Crippen LogP contribution in [0.25, 0.3) is 11.1 Å². The summed E-state index contributed by atoms with van der Waals surface area (Å²) in [7, 11) is 2.23. The van der Waals surface area contributed by atoms with Crippen LogP contribution in [0, 0.1) is 0 Å². The van der Waals surface area contributed by atoms with Gasteiger partial charge >= 0.3 is 0 Å². The van der Waals surface area contributed by atoms with E-state index < -0.39 is 0 Å². The number of likely N-dealkylation sites (tertiary alicyclic amines) is 1. The molecule has 0 radical (unpaired) electrons. The van der Waals surface area contributed by atoms with Crippen molar-refractivity contribution in [1.82, 2.24) is 14.7 Å². The summed E-state index contributed by atoms with van der Waals surface area (Å²) >= 11 is 0. The van der Waals surface area contributed by atoms with Crippen molar-refractivity contribution in [2.45, 2.75) is 19.0 Å². The van der Waals surface area contributed by atoms with Crippen LogP contribution in [0.3, 0.4) is 0 Å². The Morgan fingerprint density at radius 3 is 2.20 bits per heavy atom. The number of rotatable bonds is 4. The molecule has 4 rings (SSSR count). The van der Waals surface area contributed by atoms with E-state index in [9.17, 15) is 0 Å². The third kappa shape index (κ3) is 4.12. The standard InChI is InChI=1S/C22H29N3/c1-23-13-15-25(16-14-23)22-11-12-24(18-22)17-19-7-9-21(10-8-19)20-5-3-2-4-6-20/h2-10,22H,11-18H2,1H3/t22-/m0/s1. The summed E-state index contributed by atoms with van der Waals surface area (Å²) < 4.78 is 0. The molecule has 0 spiro atoms. The molecule has 132 valence electrons. The van der Waals surface area contributed by atoms with E-state index in [1.807, 2.05) is 0 Å². The number of piperazine rings is 1. The molecule has 3 heteroatoms. The zero-order valence-corrected chi connectivity index (χ0v) is 15.3. The minimum Gasteiger partial charge on any atom is -0.304 e. The van der Waals surface area contributed by atoms with Crippen LogP contribution in [0.15, 0.2) is 54.6 Å². The first kappa shape index (κ1) is 16.8. The van der Waals surface area contributed by atoms with E-state index in [0.29, 0.717) is 0 Å². The van der Waals surface area contributed by atoms with Crippen molar-refractivity contribution in [2.75, 3.05) is 46.3 Å². The maximum absolute atomic E-state index is 2.71. The molecule has 0 unspecified atom stereocenters. The second-order valence-corrected chi connectivity index (χ2v) is 7.58. The molecule has 1 atom stereocenters. The Balaban J connectivity index is 1.32. The molecule has 0 N–H and O–H groups in total. The van der Waals surface area contributed by atoms with Crippen molar-refractivity contribution in [3.8, 4) is 11.1 Å². The van der Waals surface area contributed by atoms with Crippen molar-refractivity contribution in [3.63, 3.8) is 0 Å². The van der Waals surface area contributed by atoms with Gasteiger partial charge < -0.3 is 4.90 Å². The number of nitrogens with zero attached hydrogens (tertiary/aromatic N) is 3. The van der Waals surface area contributed by atoms with E-state index >= 15 is 0 Å². The van der Waals surface area contributed by atoms with Crippen LogP contribution in [-0.4, -0.2) is 67.1 Å². The molecule has 2 heterocycles. The van der Waals surface area contributed by atoms with Crippen LogP contribution in [0.5, 0.6) is 0 Å². The van der Waals surface area contributed by atoms with Crippen LogP contribution < -0.4 is 0 Å². The summed E-state index contributed by atoms with van der Waals surface area (Å²) in [6, 6.07) is 20.5. The smallest absolute Gasteiger partial charge is 0.0236 e. The maximum atomic E-state index is 2.71. The summed E-state index contributed by atoms with van der Waals surface area (Å²) in [4.78, 5) is 7.77. The molecule has 0 amide bonds. The van der Waals surface area contributed by atoms with Crippen LogP contribution >= 0.6 is 0 Å². The van der Waals surface area contributed by atoms with E-state index in [1.165, 1.54) is 62.4 Å². The van der Waals surface area contributed by atoms with Crippen LogP contribution in [0.4, 0.5) is 0 Å². The number of hydrogen-bond donors (Lipinski definition) is 0. The second-order valence-electron chi connectivity index (χ2n) is 7.58. The Kier molecular flexibility index (Phi) is 5.16. The first-order chi connectivity index (χ1) is 12.3. The Bertz CT molecular complexity index is 659. The van der Waals surface area contributed by atoms with Crippen molar-refractivity contribution >= 4 is 0 Å². The fourth-order valence-corrected chi connectivity index (χ4v) is 4.13. The van der Waals surface area contributed by atoms with Gasteiger partial charge in [0.05, 0.1) is 0 Å². The quantitative estimate of drug-likeness (QED) is 0.850. The average Bonchev–Trinajstić information content (AvgIpc) is 3.12. The van der Waals surface area contributed by atoms with Gasteiger partial charge in [0.25, 0.3) is 0 Å². The average molecular weight is 335 g/mol. The highest BCUT2D eigenvalue weighted by Gasteiger charge is 2.29. The van der Waals surface area contributed by atoms with E-state index in [4.69, 9.17) is 0 Å². The largest absolute Gasteiger partial charge is 0.304 e. The predicted octanol–water partition coefficient (Wildman–Crippen LogP) is 3.18. The minimum absolute atomic E-state index is 0.761. The van der Waals surface area contributed by atoms with Crippen molar-refractivity contribution in [3.05, 3.63) is 60.2 Å². The zero-order chi connectivity index (χ0) is 17.1. The Labute approximate surface area is 151 Å². The van der Waals surface area contributed by atoms with Crippen molar-refractivity contribution < 1.29 is 0 Å². The molecule has 2 aliphatic rings. The van der Waals surface area contributed by atoms with Crippen molar-refractivity contribution in [1.29, 1.82) is 0 Å². The first-order valence-corrected chi connectivity index (χ1v) is 9.57. The molecule has 0 aromatic heterocycles. The monoisotopic (exact) mass is 335 g/mol. The summed E-state index contributed by atoms with van der Waals surface area (Å²) in [6.07, 6.45) is 1.33. The second kappa shape index (κ2) is 7.69. The predicted molar refractivity (Wildman–Crippen MR) is 105 cm³/mol. The molecular weight excluding hydrogens is 306 g/mol. The summed E-state index contributed by atoms with van der Waals surface area (Å²) in [5.41, 5.74) is 4.03. The highest BCUT2D eigenvalue weighted by Crippen LogP contribution is 2.22. The molecule has 2 aliphatic heterocycles. The fourth-order valence-electron chi connectivity index (χ4n) is 4.13. The van der Waals surface area contributed by atoms with E-state index in [2.05, 4.69) is 76.3 Å². The summed E-state index contributed by atoms with van der Waals surface area (Å²) in [6.45, 7) is 8.46. The highest BCUT2D eigenvalue weighted by atomic mass is 15.3. The lowest BCUT2D eigenvalue weighted by Gasteiger charge is -2.36. The number of likely N-dealkylation sites (N-methyl/N-ethyl adjacent to an activating group) is 1. The summed E-state index contributed by atoms with van der Waals surface area (Å²) in [5, 5.41) is 0. The molecule has 0 saturated carbocycles. The number of benzene rings is 2. The molecular formula is C22H29N3. The van der Waals surface area contributed by atoms with Gasteiger partial charge in [-0.15, -0.1) is 0 Å². The van der Waals surface area contributed by atoms with Gasteiger partial charge in [0.15, 0.2) is 0 Å². The van der Waals surface area contributed by atoms with Crippen molar-refractivity contribution in [2.24, 2.45) is 0 Å². The van der Waals surface area contributed by atoms with Gasteiger partial charge in [-0.2, -0.15) is 0 Å². The molecule has 0 aliphatic carbocycles. The third-order valence-electron chi connectivity index (χ3n) is 5.77. The Morgan fingerprint density at radius 2 is 1.48 bits per heavy atom. The van der Waals surface area contributed by atoms with Crippen LogP contribution in [0.1, 0.15) is 12.0 Å². The lowest BCUT2D eigenvalue weighted by atomic mass is 10.0. The van der Waals surface area contributed by atoms with E-state index in [-0.39, 0.29) is 0 Å². The molecule has 2 aromatic rings. The van der Waals surface area contributed by atoms with E-state index in [0.717, 1.165) is 12.6 Å². The SMILES string of the molecule is CN1CCN([C@H]2CCN(Cc3ccc(-c4ccccc4)cc3)C2)CC1.